The summed E-state index contributed by atoms with van der Waals surface area (Å²) in [6, 6.07) is 9.93. The quantitative estimate of drug-likeness (QED) is 0.838. The van der Waals surface area contributed by atoms with Gasteiger partial charge >= 0.3 is 0 Å². The summed E-state index contributed by atoms with van der Waals surface area (Å²) in [5, 5.41) is 3.99. The summed E-state index contributed by atoms with van der Waals surface area (Å²) in [5.41, 5.74) is 4.01. The molecule has 0 aromatic heterocycles. The zero-order valence-corrected chi connectivity index (χ0v) is 13.1. The third-order valence-corrected chi connectivity index (χ3v) is 7.35. The van der Waals surface area contributed by atoms with Gasteiger partial charge in [-0.1, -0.05) is 25.1 Å². The van der Waals surface area contributed by atoms with Gasteiger partial charge in [0.2, 0.25) is 0 Å². The highest BCUT2D eigenvalue weighted by Crippen LogP contribution is 2.63. The van der Waals surface area contributed by atoms with Gasteiger partial charge in [0, 0.05) is 29.7 Å². The van der Waals surface area contributed by atoms with Crippen molar-refractivity contribution in [2.45, 2.75) is 62.9 Å². The minimum Gasteiger partial charge on any atom is -0.379 e. The molecule has 2 heteroatoms. The van der Waals surface area contributed by atoms with Crippen LogP contribution in [-0.2, 0) is 0 Å². The summed E-state index contributed by atoms with van der Waals surface area (Å²) in [7, 11) is 0. The fourth-order valence-corrected chi connectivity index (χ4v) is 6.33. The van der Waals surface area contributed by atoms with Crippen LogP contribution in [0.3, 0.4) is 0 Å². The Balaban J connectivity index is 1.69. The van der Waals surface area contributed by atoms with Crippen molar-refractivity contribution in [2.75, 3.05) is 18.4 Å². The highest BCUT2D eigenvalue weighted by molar-refractivity contribution is 5.63. The van der Waals surface area contributed by atoms with Crippen molar-refractivity contribution in [1.82, 2.24) is 4.90 Å². The maximum atomic E-state index is 3.99. The monoisotopic (exact) mass is 282 g/mol. The molecule has 1 aromatic carbocycles. The van der Waals surface area contributed by atoms with Crippen LogP contribution in [0, 0.1) is 5.41 Å². The molecule has 5 rings (SSSR count). The van der Waals surface area contributed by atoms with Crippen LogP contribution in [-0.4, -0.2) is 29.6 Å². The van der Waals surface area contributed by atoms with Crippen LogP contribution < -0.4 is 5.32 Å². The SMILES string of the molecule is CC[C@@]12CCCN3CC[C@@]4(CC1)Nc1ccccc1[C@H]4[C@H]32. The van der Waals surface area contributed by atoms with Crippen molar-refractivity contribution in [3.05, 3.63) is 29.8 Å². The average molecular weight is 282 g/mol. The van der Waals surface area contributed by atoms with E-state index in [1.54, 1.807) is 5.56 Å². The summed E-state index contributed by atoms with van der Waals surface area (Å²) in [4.78, 5) is 2.86. The van der Waals surface area contributed by atoms with Gasteiger partial charge in [0.05, 0.1) is 0 Å². The molecular formula is C19H26N2. The first-order valence-corrected chi connectivity index (χ1v) is 8.89. The molecule has 1 aromatic rings. The lowest BCUT2D eigenvalue weighted by atomic mass is 9.52. The van der Waals surface area contributed by atoms with Crippen molar-refractivity contribution in [1.29, 1.82) is 0 Å². The summed E-state index contributed by atoms with van der Waals surface area (Å²) >= 11 is 0. The second kappa shape index (κ2) is 4.04. The molecule has 0 unspecified atom stereocenters. The first-order valence-electron chi connectivity index (χ1n) is 8.89. The van der Waals surface area contributed by atoms with Crippen LogP contribution in [0.15, 0.2) is 24.3 Å². The van der Waals surface area contributed by atoms with Crippen molar-refractivity contribution in [2.24, 2.45) is 5.41 Å². The minimum atomic E-state index is 0.376. The Hall–Kier alpha value is -1.02. The van der Waals surface area contributed by atoms with Gasteiger partial charge in [-0.05, 0) is 62.1 Å². The van der Waals surface area contributed by atoms with Gasteiger partial charge in [-0.2, -0.15) is 0 Å². The minimum absolute atomic E-state index is 0.376. The molecule has 0 radical (unpaired) electrons. The van der Waals surface area contributed by atoms with Gasteiger partial charge in [-0.25, -0.2) is 0 Å². The van der Waals surface area contributed by atoms with E-state index in [2.05, 4.69) is 41.4 Å². The van der Waals surface area contributed by atoms with E-state index in [9.17, 15) is 0 Å². The second-order valence-electron chi connectivity index (χ2n) is 7.90. The highest BCUT2D eigenvalue weighted by atomic mass is 15.2. The van der Waals surface area contributed by atoms with Crippen LogP contribution in [0.2, 0.25) is 0 Å². The molecule has 1 aliphatic carbocycles. The van der Waals surface area contributed by atoms with Gasteiger partial charge in [0.25, 0.3) is 0 Å². The molecule has 2 nitrogen and oxygen atoms in total. The fourth-order valence-electron chi connectivity index (χ4n) is 6.33. The molecular weight excluding hydrogens is 256 g/mol. The summed E-state index contributed by atoms with van der Waals surface area (Å²) in [6.45, 7) is 5.09. The van der Waals surface area contributed by atoms with Crippen molar-refractivity contribution < 1.29 is 0 Å². The molecule has 112 valence electrons. The summed E-state index contributed by atoms with van der Waals surface area (Å²) in [6.07, 6.45) is 8.39. The Morgan fingerprint density at radius 2 is 2.05 bits per heavy atom. The van der Waals surface area contributed by atoms with Crippen LogP contribution in [0.25, 0.3) is 0 Å². The number of nitrogens with one attached hydrogen (secondary N) is 1. The molecule has 1 saturated carbocycles. The lowest BCUT2D eigenvalue weighted by Crippen LogP contribution is -2.67. The van der Waals surface area contributed by atoms with Crippen molar-refractivity contribution in [3.63, 3.8) is 0 Å². The van der Waals surface area contributed by atoms with Gasteiger partial charge < -0.3 is 5.32 Å². The Kier molecular flexibility index (Phi) is 2.41. The number of benzene rings is 1. The zero-order valence-electron chi connectivity index (χ0n) is 13.1. The van der Waals surface area contributed by atoms with E-state index >= 15 is 0 Å². The molecule has 2 bridgehead atoms. The molecule has 4 aliphatic rings. The third kappa shape index (κ3) is 1.42. The topological polar surface area (TPSA) is 15.3 Å². The molecule has 1 N–H and O–H groups in total. The largest absolute Gasteiger partial charge is 0.379 e. The zero-order chi connectivity index (χ0) is 14.1. The van der Waals surface area contributed by atoms with Gasteiger partial charge in [-0.3, -0.25) is 4.90 Å². The smallest absolute Gasteiger partial charge is 0.0470 e. The van der Waals surface area contributed by atoms with Crippen LogP contribution in [0.1, 0.15) is 56.9 Å². The van der Waals surface area contributed by atoms with Crippen molar-refractivity contribution in [3.8, 4) is 0 Å². The number of nitrogens with zero attached hydrogens (tertiary/aromatic N) is 1. The maximum Gasteiger partial charge on any atom is 0.0470 e. The Morgan fingerprint density at radius 3 is 2.95 bits per heavy atom. The Bertz CT molecular complexity index is 583. The van der Waals surface area contributed by atoms with E-state index in [1.165, 1.54) is 57.3 Å². The molecule has 4 atom stereocenters. The normalized spacial score (nSPS) is 43.9. The van der Waals surface area contributed by atoms with E-state index in [1.807, 2.05) is 0 Å². The van der Waals surface area contributed by atoms with E-state index < -0.39 is 0 Å². The number of fused-ring (bicyclic) bond motifs is 1. The van der Waals surface area contributed by atoms with E-state index in [4.69, 9.17) is 0 Å². The molecule has 3 aliphatic heterocycles. The lowest BCUT2D eigenvalue weighted by molar-refractivity contribution is -0.0850. The molecule has 0 amide bonds. The summed E-state index contributed by atoms with van der Waals surface area (Å²) < 4.78 is 0. The van der Waals surface area contributed by atoms with Gasteiger partial charge in [0.1, 0.15) is 0 Å². The molecule has 3 heterocycles. The number of piperidine rings is 2. The lowest BCUT2D eigenvalue weighted by Gasteiger charge is -2.63. The number of para-hydroxylation sites is 1. The first kappa shape index (κ1) is 12.5. The van der Waals surface area contributed by atoms with Crippen LogP contribution >= 0.6 is 0 Å². The van der Waals surface area contributed by atoms with E-state index in [0.717, 1.165) is 12.0 Å². The van der Waals surface area contributed by atoms with Crippen LogP contribution in [0.5, 0.6) is 0 Å². The van der Waals surface area contributed by atoms with Crippen LogP contribution in [0.4, 0.5) is 5.69 Å². The average Bonchev–Trinajstić information content (AvgIpc) is 2.89. The third-order valence-electron chi connectivity index (χ3n) is 7.35. The van der Waals surface area contributed by atoms with Gasteiger partial charge in [-0.15, -0.1) is 0 Å². The van der Waals surface area contributed by atoms with E-state index in [0.29, 0.717) is 11.0 Å². The highest BCUT2D eigenvalue weighted by Gasteiger charge is 2.63. The van der Waals surface area contributed by atoms with Gasteiger partial charge in [0.15, 0.2) is 0 Å². The number of hydrogen-bond acceptors (Lipinski definition) is 2. The summed E-state index contributed by atoms with van der Waals surface area (Å²) in [5.74, 6) is 0.733. The second-order valence-corrected chi connectivity index (χ2v) is 7.90. The number of anilines is 1. The predicted molar refractivity (Wildman–Crippen MR) is 86.7 cm³/mol. The fraction of sp³-hybridized carbons (Fsp3) is 0.684. The number of rotatable bonds is 1. The first-order chi connectivity index (χ1) is 10.3. The Morgan fingerprint density at radius 1 is 1.14 bits per heavy atom. The maximum absolute atomic E-state index is 3.99. The molecule has 2 saturated heterocycles. The molecule has 21 heavy (non-hydrogen) atoms. The van der Waals surface area contributed by atoms with E-state index in [-0.39, 0.29) is 0 Å². The number of hydrogen-bond donors (Lipinski definition) is 1. The standard InChI is InChI=1S/C19H26N2/c1-2-18-8-5-12-21-13-11-19(10-9-18)16(17(18)21)14-6-3-4-7-15(14)20-19/h3-4,6-7,16-17,20H,2,5,8-13H2,1H3/t16-,17-,18+,19+/m0/s1. The molecule has 0 spiro atoms. The van der Waals surface area contributed by atoms with Crippen molar-refractivity contribution >= 4 is 5.69 Å². The predicted octanol–water partition coefficient (Wildman–Crippen LogP) is 3.99. The Labute approximate surface area is 127 Å². The molecule has 3 fully saturated rings.